The van der Waals surface area contributed by atoms with Gasteiger partial charge in [-0.3, -0.25) is 4.90 Å². The van der Waals surface area contributed by atoms with Gasteiger partial charge in [-0.15, -0.1) is 0 Å². The average molecular weight is 155 g/mol. The molecule has 0 unspecified atom stereocenters. The van der Waals surface area contributed by atoms with Crippen molar-refractivity contribution >= 4 is 6.09 Å². The van der Waals surface area contributed by atoms with Gasteiger partial charge >= 0.3 is 6.09 Å². The van der Waals surface area contributed by atoms with Gasteiger partial charge in [0.15, 0.2) is 0 Å². The maximum Gasteiger partial charge on any atom is 0.415 e. The minimum Gasteiger partial charge on any atom is -0.464 e. The summed E-state index contributed by atoms with van der Waals surface area (Å²) in [6.07, 6.45) is 8.82. The Labute approximate surface area is 64.1 Å². The van der Waals surface area contributed by atoms with Crippen LogP contribution in [0.4, 0.5) is 4.79 Å². The molecule has 11 heavy (non-hydrogen) atoms. The molecule has 4 heteroatoms. The number of carbonyl (C=O) groups is 1. The quantitative estimate of drug-likeness (QED) is 0.560. The van der Waals surface area contributed by atoms with E-state index in [9.17, 15) is 4.79 Å². The molecule has 0 aliphatic carbocycles. The Bertz CT molecular complexity index is 202. The number of carboxylic acid groups (broad SMARTS) is 1. The number of hydrogen-bond acceptors (Lipinski definition) is 1. The zero-order chi connectivity index (χ0) is 7.40. The van der Waals surface area contributed by atoms with E-state index in [0.717, 1.165) is 4.90 Å². The summed E-state index contributed by atoms with van der Waals surface area (Å²) in [5.74, 6) is 0. The van der Waals surface area contributed by atoms with Crippen molar-refractivity contribution in [2.24, 2.45) is 0 Å². The lowest BCUT2D eigenvalue weighted by atomic mass is 10.5. The van der Waals surface area contributed by atoms with Crippen LogP contribution < -0.4 is 0 Å². The predicted molar refractivity (Wildman–Crippen MR) is 40.9 cm³/mol. The molecule has 0 aromatic carbocycles. The van der Waals surface area contributed by atoms with Crippen LogP contribution in [0.2, 0.25) is 0 Å². The first-order valence-electron chi connectivity index (χ1n) is 2.83. The Balaban J connectivity index is 0.000001000. The summed E-state index contributed by atoms with van der Waals surface area (Å²) in [7, 11) is 0. The molecule has 1 amide bonds. The molecule has 0 bridgehead atoms. The Morgan fingerprint density at radius 1 is 1.09 bits per heavy atom. The topological polar surface area (TPSA) is 72.0 Å². The van der Waals surface area contributed by atoms with Gasteiger partial charge in [-0.2, -0.15) is 0 Å². The third-order valence-corrected chi connectivity index (χ3v) is 1.05. The highest BCUT2D eigenvalue weighted by atomic mass is 16.4. The van der Waals surface area contributed by atoms with E-state index in [1.54, 1.807) is 24.3 Å². The van der Waals surface area contributed by atoms with Crippen LogP contribution in [0.15, 0.2) is 36.7 Å². The van der Waals surface area contributed by atoms with Gasteiger partial charge in [-0.1, -0.05) is 12.2 Å². The van der Waals surface area contributed by atoms with Gasteiger partial charge < -0.3 is 10.6 Å². The summed E-state index contributed by atoms with van der Waals surface area (Å²) in [5.41, 5.74) is 0. The van der Waals surface area contributed by atoms with Gasteiger partial charge in [-0.25, -0.2) is 4.79 Å². The van der Waals surface area contributed by atoms with E-state index in [1.807, 2.05) is 0 Å². The van der Waals surface area contributed by atoms with Gasteiger partial charge in [0.2, 0.25) is 0 Å². The lowest BCUT2D eigenvalue weighted by molar-refractivity contribution is 0.175. The molecule has 0 spiro atoms. The van der Waals surface area contributed by atoms with Crippen molar-refractivity contribution in [2.45, 2.75) is 0 Å². The van der Waals surface area contributed by atoms with Crippen LogP contribution in [0.1, 0.15) is 0 Å². The molecule has 3 N–H and O–H groups in total. The number of rotatable bonds is 0. The van der Waals surface area contributed by atoms with Crippen LogP contribution >= 0.6 is 0 Å². The minimum atomic E-state index is -0.976. The van der Waals surface area contributed by atoms with Crippen LogP contribution in [0.25, 0.3) is 0 Å². The third-order valence-electron chi connectivity index (χ3n) is 1.05. The zero-order valence-electron chi connectivity index (χ0n) is 5.77. The molecule has 0 radical (unpaired) electrons. The summed E-state index contributed by atoms with van der Waals surface area (Å²) >= 11 is 0. The molecule has 0 aromatic rings. The summed E-state index contributed by atoms with van der Waals surface area (Å²) in [6.45, 7) is 0. The molecule has 0 saturated heterocycles. The summed E-state index contributed by atoms with van der Waals surface area (Å²) < 4.78 is 0. The van der Waals surface area contributed by atoms with Crippen molar-refractivity contribution in [3.8, 4) is 0 Å². The van der Waals surface area contributed by atoms with Crippen LogP contribution in [0.3, 0.4) is 0 Å². The summed E-state index contributed by atoms with van der Waals surface area (Å²) in [6, 6.07) is 0. The van der Waals surface area contributed by atoms with E-state index >= 15 is 0 Å². The van der Waals surface area contributed by atoms with Crippen LogP contribution in [-0.4, -0.2) is 21.6 Å². The molecular formula is C7H9NO3. The normalized spacial score (nSPS) is 14.0. The second kappa shape index (κ2) is 4.29. The molecular weight excluding hydrogens is 146 g/mol. The molecule has 1 rings (SSSR count). The highest BCUT2D eigenvalue weighted by Gasteiger charge is 2.01. The van der Waals surface area contributed by atoms with Gasteiger partial charge in [0.05, 0.1) is 0 Å². The van der Waals surface area contributed by atoms with Crippen molar-refractivity contribution in [3.05, 3.63) is 36.7 Å². The Morgan fingerprint density at radius 3 is 1.91 bits per heavy atom. The minimum absolute atomic E-state index is 0. The summed E-state index contributed by atoms with van der Waals surface area (Å²) in [4.78, 5) is 11.4. The van der Waals surface area contributed by atoms with Crippen LogP contribution in [0.5, 0.6) is 0 Å². The lowest BCUT2D eigenvalue weighted by Gasteiger charge is -2.04. The predicted octanol–water partition coefficient (Wildman–Crippen LogP) is 0.739. The Hall–Kier alpha value is -1.55. The number of nitrogens with zero attached hydrogens (tertiary/aromatic N) is 1. The van der Waals surface area contributed by atoms with Crippen molar-refractivity contribution in [2.75, 3.05) is 0 Å². The molecule has 0 atom stereocenters. The molecule has 60 valence electrons. The number of hydrogen-bond donors (Lipinski definition) is 1. The van der Waals surface area contributed by atoms with Crippen LogP contribution in [0, 0.1) is 0 Å². The molecule has 0 fully saturated rings. The molecule has 4 nitrogen and oxygen atoms in total. The van der Waals surface area contributed by atoms with Crippen LogP contribution in [-0.2, 0) is 0 Å². The average Bonchev–Trinajstić information content (AvgIpc) is 2.12. The smallest absolute Gasteiger partial charge is 0.415 e. The largest absolute Gasteiger partial charge is 0.464 e. The molecule has 0 aromatic heterocycles. The second-order valence-corrected chi connectivity index (χ2v) is 1.76. The van der Waals surface area contributed by atoms with Gasteiger partial charge in [-0.05, 0) is 12.2 Å². The molecule has 1 heterocycles. The van der Waals surface area contributed by atoms with E-state index in [2.05, 4.69) is 0 Å². The van der Waals surface area contributed by atoms with E-state index in [0.29, 0.717) is 0 Å². The second-order valence-electron chi connectivity index (χ2n) is 1.76. The Kier molecular flexibility index (Phi) is 3.69. The first-order valence-corrected chi connectivity index (χ1v) is 2.83. The van der Waals surface area contributed by atoms with Gasteiger partial charge in [0, 0.05) is 12.4 Å². The lowest BCUT2D eigenvalue weighted by Crippen LogP contribution is -2.16. The van der Waals surface area contributed by atoms with E-state index in [4.69, 9.17) is 5.11 Å². The van der Waals surface area contributed by atoms with Crippen molar-refractivity contribution in [1.29, 1.82) is 0 Å². The highest BCUT2D eigenvalue weighted by molar-refractivity contribution is 5.68. The SMILES string of the molecule is O.O=C(O)N1C=CC=CC=C1. The zero-order valence-corrected chi connectivity index (χ0v) is 5.77. The summed E-state index contributed by atoms with van der Waals surface area (Å²) in [5, 5.41) is 8.46. The standard InChI is InChI=1S/C7H7NO2.H2O/c9-7(10)8-5-3-1-2-4-6-8;/h1-6H,(H,9,10);1H2. The van der Waals surface area contributed by atoms with Gasteiger partial charge in [0.25, 0.3) is 0 Å². The van der Waals surface area contributed by atoms with E-state index < -0.39 is 6.09 Å². The van der Waals surface area contributed by atoms with Crippen molar-refractivity contribution < 1.29 is 15.4 Å². The monoisotopic (exact) mass is 155 g/mol. The Morgan fingerprint density at radius 2 is 1.55 bits per heavy atom. The first-order chi connectivity index (χ1) is 4.80. The fourth-order valence-corrected chi connectivity index (χ4v) is 0.590. The maximum atomic E-state index is 10.3. The van der Waals surface area contributed by atoms with E-state index in [-0.39, 0.29) is 5.48 Å². The number of allylic oxidation sites excluding steroid dienone is 4. The van der Waals surface area contributed by atoms with E-state index in [1.165, 1.54) is 12.4 Å². The fourth-order valence-electron chi connectivity index (χ4n) is 0.590. The third kappa shape index (κ3) is 2.68. The first kappa shape index (κ1) is 9.45. The highest BCUT2D eigenvalue weighted by Crippen LogP contribution is 1.97. The van der Waals surface area contributed by atoms with Gasteiger partial charge in [0.1, 0.15) is 0 Å². The van der Waals surface area contributed by atoms with Crippen molar-refractivity contribution in [3.63, 3.8) is 0 Å². The molecule has 1 aliphatic heterocycles. The molecule has 0 saturated carbocycles. The fraction of sp³-hybridized carbons (Fsp3) is 0. The number of amides is 1. The maximum absolute atomic E-state index is 10.3. The molecule has 1 aliphatic rings. The van der Waals surface area contributed by atoms with Crippen molar-refractivity contribution in [1.82, 2.24) is 4.90 Å².